The van der Waals surface area contributed by atoms with Gasteiger partial charge >= 0.3 is 5.97 Å². The number of aromatic nitrogens is 3. The molecule has 1 N–H and O–H groups in total. The Balaban J connectivity index is 1.04. The Kier molecular flexibility index (Phi) is 17.9. The first-order valence-corrected chi connectivity index (χ1v) is 33.0. The molecule has 12 rings (SSSR count). The van der Waals surface area contributed by atoms with Gasteiger partial charge in [0, 0.05) is 57.0 Å². The molecule has 1 unspecified atom stereocenters. The van der Waals surface area contributed by atoms with Gasteiger partial charge in [0.2, 0.25) is 0 Å². The molecule has 9 aromatic carbocycles. The number of benzene rings is 9. The fraction of sp³-hybridized carbons (Fsp3) is 0.377. The number of hydrogen-bond acceptors (Lipinski definition) is 8. The van der Waals surface area contributed by atoms with Crippen molar-refractivity contribution in [1.29, 1.82) is 0 Å². The second-order valence-corrected chi connectivity index (χ2v) is 25.3. The summed E-state index contributed by atoms with van der Waals surface area (Å²) in [7, 11) is 0. The van der Waals surface area contributed by atoms with Gasteiger partial charge in [-0.05, 0) is 121 Å². The van der Waals surface area contributed by atoms with Crippen LogP contribution in [-0.4, -0.2) is 37.0 Å². The highest BCUT2D eigenvalue weighted by Gasteiger charge is 2.32. The third kappa shape index (κ3) is 11.2. The fourth-order valence-electron chi connectivity index (χ4n) is 14.8. The summed E-state index contributed by atoms with van der Waals surface area (Å²) in [5, 5.41) is 17.6. The first-order chi connectivity index (χ1) is 43.4. The number of carboxylic acid groups (broad SMARTS) is 1. The van der Waals surface area contributed by atoms with E-state index in [1.807, 2.05) is 103 Å². The summed E-state index contributed by atoms with van der Waals surface area (Å²) in [5.74, 6) is -1.00. The molecule has 89 heavy (non-hydrogen) atoms. The zero-order chi connectivity index (χ0) is 62.0. The molecular formula is C77H80N4O8. The van der Waals surface area contributed by atoms with Crippen LogP contribution in [-0.2, 0) is 17.8 Å². The lowest BCUT2D eigenvalue weighted by Gasteiger charge is -2.24. The molecule has 3 heterocycles. The lowest BCUT2D eigenvalue weighted by molar-refractivity contribution is -0.138. The van der Waals surface area contributed by atoms with Crippen molar-refractivity contribution in [2.45, 2.75) is 187 Å². The van der Waals surface area contributed by atoms with Crippen LogP contribution >= 0.6 is 0 Å². The number of pyridine rings is 2. The van der Waals surface area contributed by atoms with Crippen LogP contribution < -0.4 is 33.4 Å². The normalized spacial score (nSPS) is 12.8. The summed E-state index contributed by atoms with van der Waals surface area (Å²) in [6.07, 6.45) is 20.6. The van der Waals surface area contributed by atoms with Gasteiger partial charge in [-0.15, -0.1) is 0 Å². The molecule has 0 spiro atoms. The molecule has 12 aromatic rings. The van der Waals surface area contributed by atoms with Crippen molar-refractivity contribution >= 4 is 98.4 Å². The average molecular weight is 1190 g/mol. The van der Waals surface area contributed by atoms with Crippen LogP contribution in [0.25, 0.3) is 97.3 Å². The number of hydrogen-bond donors (Lipinski definition) is 1. The van der Waals surface area contributed by atoms with Crippen molar-refractivity contribution in [3.05, 3.63) is 194 Å². The van der Waals surface area contributed by atoms with Gasteiger partial charge in [-0.1, -0.05) is 221 Å². The highest BCUT2D eigenvalue weighted by molar-refractivity contribution is 6.48. The number of nitrogens with zero attached hydrogens (tertiary/aromatic N) is 4. The zero-order valence-electron chi connectivity index (χ0n) is 51.9. The maximum Gasteiger partial charge on any atom is 0.328 e. The summed E-state index contributed by atoms with van der Waals surface area (Å²) in [6.45, 7) is 8.61. The van der Waals surface area contributed by atoms with Crippen LogP contribution in [0.15, 0.2) is 149 Å². The number of unbranched alkanes of at least 4 members (excludes halogenated alkanes) is 12. The van der Waals surface area contributed by atoms with Crippen LogP contribution in [0.2, 0.25) is 0 Å². The molecule has 0 radical (unpaired) electrons. The highest BCUT2D eigenvalue weighted by Crippen LogP contribution is 2.50. The van der Waals surface area contributed by atoms with E-state index in [1.165, 1.54) is 13.7 Å². The summed E-state index contributed by atoms with van der Waals surface area (Å²) in [4.78, 5) is 110. The van der Waals surface area contributed by atoms with Gasteiger partial charge in [0.1, 0.15) is 0 Å². The summed E-state index contributed by atoms with van der Waals surface area (Å²) in [5.41, 5.74) is 1.61. The number of carbonyl (C=O) groups is 1. The Hall–Kier alpha value is -8.64. The van der Waals surface area contributed by atoms with E-state index in [9.17, 15) is 9.90 Å². The lowest BCUT2D eigenvalue weighted by atomic mass is 9.81. The Bertz CT molecular complexity index is 4660. The second kappa shape index (κ2) is 26.2. The summed E-state index contributed by atoms with van der Waals surface area (Å²) >= 11 is 0. The summed E-state index contributed by atoms with van der Waals surface area (Å²) < 4.78 is 4.28. The van der Waals surface area contributed by atoms with Crippen LogP contribution in [0.1, 0.15) is 185 Å². The minimum absolute atomic E-state index is 0.0671. The third-order valence-electron chi connectivity index (χ3n) is 19.4. The fourth-order valence-corrected chi connectivity index (χ4v) is 14.8. The first kappa shape index (κ1) is 60.6. The van der Waals surface area contributed by atoms with Crippen LogP contribution in [0.5, 0.6) is 0 Å². The molecule has 456 valence electrons. The Morgan fingerprint density at radius 1 is 0.404 bits per heavy atom. The molecule has 0 fully saturated rings. The maximum absolute atomic E-state index is 15.7. The molecule has 1 atom stereocenters. The Morgan fingerprint density at radius 2 is 0.798 bits per heavy atom. The minimum Gasteiger partial charge on any atom is -0.480 e. The van der Waals surface area contributed by atoms with E-state index in [2.05, 4.69) is 32.7 Å². The van der Waals surface area contributed by atoms with E-state index in [0.717, 1.165) is 136 Å². The lowest BCUT2D eigenvalue weighted by Crippen LogP contribution is -2.37. The van der Waals surface area contributed by atoms with E-state index >= 15 is 28.8 Å². The Labute approximate surface area is 516 Å². The predicted octanol–water partition coefficient (Wildman–Crippen LogP) is 16.5. The third-order valence-corrected chi connectivity index (χ3v) is 19.4. The highest BCUT2D eigenvalue weighted by atomic mass is 16.4. The number of carboxylic acids is 1. The van der Waals surface area contributed by atoms with Gasteiger partial charge in [0.15, 0.2) is 6.04 Å². The maximum atomic E-state index is 15.7. The van der Waals surface area contributed by atoms with Gasteiger partial charge in [0.25, 0.3) is 33.4 Å². The van der Waals surface area contributed by atoms with Crippen molar-refractivity contribution in [2.24, 2.45) is 4.99 Å². The average Bonchev–Trinajstić information content (AvgIpc) is 1.58. The van der Waals surface area contributed by atoms with Crippen molar-refractivity contribution < 1.29 is 9.90 Å². The molecule has 0 amide bonds. The van der Waals surface area contributed by atoms with E-state index in [0.29, 0.717) is 95.9 Å². The van der Waals surface area contributed by atoms with E-state index in [4.69, 9.17) is 0 Å². The SMILES string of the molecule is CCCCCCC(CCCCCC)n1c(=O)c2ccc3c4ccc5c(=O)n(C(CCCCCC)CCCCCC)c(=O)c6cc7c8c(=O)n(Cc9ccc(-c%10ccc(C=NC(Cc%11ccccc%11)C(=O)O)cc%10)cc9)c(=O)c8c8cc(c1=O)c2c3c8c7c4c56. The van der Waals surface area contributed by atoms with Crippen molar-refractivity contribution in [2.75, 3.05) is 0 Å². The van der Waals surface area contributed by atoms with Crippen molar-refractivity contribution in [3.63, 3.8) is 0 Å². The summed E-state index contributed by atoms with van der Waals surface area (Å²) in [6, 6.07) is 34.3. The number of aliphatic imine (C=N–C) groups is 1. The molecule has 3 aromatic heterocycles. The van der Waals surface area contributed by atoms with E-state index in [1.54, 1.807) is 18.3 Å². The molecule has 0 saturated heterocycles. The molecular weight excluding hydrogens is 1110 g/mol. The van der Waals surface area contributed by atoms with Gasteiger partial charge in [0.05, 0.1) is 17.3 Å². The monoisotopic (exact) mass is 1190 g/mol. The molecule has 12 nitrogen and oxygen atoms in total. The van der Waals surface area contributed by atoms with E-state index in [-0.39, 0.29) is 46.9 Å². The van der Waals surface area contributed by atoms with Gasteiger partial charge < -0.3 is 5.11 Å². The first-order valence-electron chi connectivity index (χ1n) is 33.0. The molecule has 0 saturated carbocycles. The molecule has 0 aliphatic carbocycles. The number of fused-ring (bicyclic) bond motifs is 4. The van der Waals surface area contributed by atoms with Crippen LogP contribution in [0.4, 0.5) is 0 Å². The molecule has 0 aliphatic rings. The quantitative estimate of drug-likeness (QED) is 0.0201. The van der Waals surface area contributed by atoms with Crippen LogP contribution in [0.3, 0.4) is 0 Å². The van der Waals surface area contributed by atoms with Crippen LogP contribution in [0, 0.1) is 0 Å². The minimum atomic E-state index is -1.00. The van der Waals surface area contributed by atoms with Crippen molar-refractivity contribution in [3.8, 4) is 11.1 Å². The zero-order valence-corrected chi connectivity index (χ0v) is 51.9. The van der Waals surface area contributed by atoms with Gasteiger partial charge in [-0.2, -0.15) is 0 Å². The van der Waals surface area contributed by atoms with Crippen molar-refractivity contribution in [1.82, 2.24) is 13.7 Å². The topological polar surface area (TPSA) is 167 Å². The molecule has 0 aliphatic heterocycles. The number of aliphatic carboxylic acids is 1. The standard InChI is InChI=1S/C77H80N4O8/c1-5-9-13-20-26-52(27-21-14-10-6-2)80-71(82)56-40-38-54-55-39-41-57-64-61(74(85)81(72(57)83)53(28-22-15-11-7-3)29-23-16-12-8-4)44-59-68(66(55)64)67-58(43-60(73(80)84)63(56)65(54)67)69-70(59)76(87)79(75(69)86)46-49-32-36-51(37-33-49)50-34-30-48(31-35-50)45-78-62(77(88)89)42-47-24-18-17-19-25-47/h17-19,24-25,30-41,43-45,52-53,62H,5-16,20-23,26-29,42,46H2,1-4H3,(H,88,89). The van der Waals surface area contributed by atoms with E-state index < -0.39 is 34.2 Å². The largest absolute Gasteiger partial charge is 0.480 e. The Morgan fingerprint density at radius 3 is 1.21 bits per heavy atom. The molecule has 0 bridgehead atoms. The second-order valence-electron chi connectivity index (χ2n) is 25.3. The van der Waals surface area contributed by atoms with Gasteiger partial charge in [-0.25, -0.2) is 4.79 Å². The molecule has 12 heteroatoms. The number of rotatable bonds is 30. The van der Waals surface area contributed by atoms with Gasteiger partial charge in [-0.3, -0.25) is 47.5 Å². The smallest absolute Gasteiger partial charge is 0.328 e. The predicted molar refractivity (Wildman–Crippen MR) is 367 cm³/mol.